The lowest BCUT2D eigenvalue weighted by atomic mass is 10.2. The van der Waals surface area contributed by atoms with Crippen LogP contribution in [0, 0.1) is 0 Å². The van der Waals surface area contributed by atoms with Crippen molar-refractivity contribution in [3.05, 3.63) is 54.1 Å². The first-order valence-corrected chi connectivity index (χ1v) is 6.53. The lowest BCUT2D eigenvalue weighted by molar-refractivity contribution is 0.251. The minimum Gasteiger partial charge on any atom is -0.497 e. The van der Waals surface area contributed by atoms with Crippen molar-refractivity contribution in [2.75, 3.05) is 19.5 Å². The fraction of sp³-hybridized carbons (Fsp3) is 0.188. The monoisotopic (exact) mass is 286 g/mol. The Hall–Kier alpha value is -2.69. The van der Waals surface area contributed by atoms with Crippen molar-refractivity contribution >= 4 is 11.7 Å². The highest BCUT2D eigenvalue weighted by Crippen LogP contribution is 2.22. The fourth-order valence-electron chi connectivity index (χ4n) is 1.84. The van der Waals surface area contributed by atoms with E-state index in [0.29, 0.717) is 18.0 Å². The van der Waals surface area contributed by atoms with Crippen LogP contribution in [0.15, 0.2) is 48.5 Å². The van der Waals surface area contributed by atoms with Gasteiger partial charge in [0.1, 0.15) is 11.5 Å². The summed E-state index contributed by atoms with van der Waals surface area (Å²) in [6, 6.07) is 14.5. The summed E-state index contributed by atoms with van der Waals surface area (Å²) < 4.78 is 10.3. The fourth-order valence-corrected chi connectivity index (χ4v) is 1.84. The third-order valence-corrected chi connectivity index (χ3v) is 2.97. The average Bonchev–Trinajstić information content (AvgIpc) is 2.54. The Morgan fingerprint density at radius 1 is 1.00 bits per heavy atom. The van der Waals surface area contributed by atoms with Crippen molar-refractivity contribution in [3.8, 4) is 11.5 Å². The van der Waals surface area contributed by atoms with E-state index < -0.39 is 0 Å². The van der Waals surface area contributed by atoms with Crippen LogP contribution in [0.5, 0.6) is 11.5 Å². The lowest BCUT2D eigenvalue weighted by Crippen LogP contribution is -2.28. The van der Waals surface area contributed by atoms with Gasteiger partial charge in [0.25, 0.3) is 0 Å². The number of hydrogen-bond acceptors (Lipinski definition) is 3. The van der Waals surface area contributed by atoms with Gasteiger partial charge in [-0.1, -0.05) is 24.3 Å². The van der Waals surface area contributed by atoms with Crippen LogP contribution in [0.2, 0.25) is 0 Å². The molecule has 0 atom stereocenters. The third-order valence-electron chi connectivity index (χ3n) is 2.97. The zero-order valence-corrected chi connectivity index (χ0v) is 12.1. The second kappa shape index (κ2) is 7.19. The molecule has 0 unspecified atom stereocenters. The molecule has 2 aromatic carbocycles. The summed E-state index contributed by atoms with van der Waals surface area (Å²) in [4.78, 5) is 11.9. The SMILES string of the molecule is COc1ccc(CNC(=O)Nc2ccccc2OC)cc1. The Morgan fingerprint density at radius 2 is 1.71 bits per heavy atom. The molecule has 0 spiro atoms. The van der Waals surface area contributed by atoms with Gasteiger partial charge in [-0.15, -0.1) is 0 Å². The number of rotatable bonds is 5. The van der Waals surface area contributed by atoms with E-state index in [4.69, 9.17) is 9.47 Å². The molecule has 0 heterocycles. The smallest absolute Gasteiger partial charge is 0.319 e. The van der Waals surface area contributed by atoms with Crippen LogP contribution in [0.25, 0.3) is 0 Å². The predicted octanol–water partition coefficient (Wildman–Crippen LogP) is 3.03. The van der Waals surface area contributed by atoms with Gasteiger partial charge in [-0.05, 0) is 29.8 Å². The number of methoxy groups -OCH3 is 2. The Kier molecular flexibility index (Phi) is 5.04. The van der Waals surface area contributed by atoms with Crippen molar-refractivity contribution in [2.45, 2.75) is 6.54 Å². The highest BCUT2D eigenvalue weighted by atomic mass is 16.5. The summed E-state index contributed by atoms with van der Waals surface area (Å²) in [5.74, 6) is 1.41. The average molecular weight is 286 g/mol. The Bertz CT molecular complexity index is 597. The molecule has 21 heavy (non-hydrogen) atoms. The van der Waals surface area contributed by atoms with E-state index in [0.717, 1.165) is 11.3 Å². The molecular formula is C16H18N2O3. The molecule has 0 bridgehead atoms. The number of urea groups is 1. The third kappa shape index (κ3) is 4.14. The number of carbonyl (C=O) groups is 1. The first-order chi connectivity index (χ1) is 10.2. The summed E-state index contributed by atoms with van der Waals surface area (Å²) in [5, 5.41) is 5.54. The Morgan fingerprint density at radius 3 is 2.38 bits per heavy atom. The van der Waals surface area contributed by atoms with Gasteiger partial charge in [-0.25, -0.2) is 4.79 Å². The Labute approximate surface area is 123 Å². The maximum absolute atomic E-state index is 11.9. The standard InChI is InChI=1S/C16H18N2O3/c1-20-13-9-7-12(8-10-13)11-17-16(19)18-14-5-3-4-6-15(14)21-2/h3-10H,11H2,1-2H3,(H2,17,18,19). The number of nitrogens with one attached hydrogen (secondary N) is 2. The molecule has 2 N–H and O–H groups in total. The van der Waals surface area contributed by atoms with Crippen LogP contribution < -0.4 is 20.1 Å². The molecule has 5 nitrogen and oxygen atoms in total. The van der Waals surface area contributed by atoms with Gasteiger partial charge in [0.15, 0.2) is 0 Å². The largest absolute Gasteiger partial charge is 0.497 e. The molecule has 0 aromatic heterocycles. The molecule has 0 saturated heterocycles. The van der Waals surface area contributed by atoms with Crippen molar-refractivity contribution in [2.24, 2.45) is 0 Å². The van der Waals surface area contributed by atoms with Crippen molar-refractivity contribution in [1.29, 1.82) is 0 Å². The molecule has 0 aliphatic rings. The molecule has 2 amide bonds. The van der Waals surface area contributed by atoms with E-state index >= 15 is 0 Å². The number of amides is 2. The van der Waals surface area contributed by atoms with Crippen LogP contribution in [0.4, 0.5) is 10.5 Å². The van der Waals surface area contributed by atoms with Crippen LogP contribution in [-0.4, -0.2) is 20.3 Å². The minimum absolute atomic E-state index is 0.282. The molecule has 0 aliphatic carbocycles. The first kappa shape index (κ1) is 14.7. The van der Waals surface area contributed by atoms with E-state index in [9.17, 15) is 4.79 Å². The van der Waals surface area contributed by atoms with Crippen molar-refractivity contribution in [1.82, 2.24) is 5.32 Å². The quantitative estimate of drug-likeness (QED) is 0.888. The van der Waals surface area contributed by atoms with E-state index in [2.05, 4.69) is 10.6 Å². The van der Waals surface area contributed by atoms with Gasteiger partial charge in [-0.2, -0.15) is 0 Å². The van der Waals surface area contributed by atoms with Gasteiger partial charge >= 0.3 is 6.03 Å². The zero-order chi connectivity index (χ0) is 15.1. The topological polar surface area (TPSA) is 59.6 Å². The van der Waals surface area contributed by atoms with Crippen LogP contribution in [-0.2, 0) is 6.54 Å². The number of hydrogen-bond donors (Lipinski definition) is 2. The highest BCUT2D eigenvalue weighted by molar-refractivity contribution is 5.90. The van der Waals surface area contributed by atoms with E-state index in [-0.39, 0.29) is 6.03 Å². The van der Waals surface area contributed by atoms with Crippen LogP contribution in [0.1, 0.15) is 5.56 Å². The number of para-hydroxylation sites is 2. The minimum atomic E-state index is -0.282. The first-order valence-electron chi connectivity index (χ1n) is 6.53. The number of ether oxygens (including phenoxy) is 2. The van der Waals surface area contributed by atoms with E-state index in [1.54, 1.807) is 26.4 Å². The molecule has 110 valence electrons. The van der Waals surface area contributed by atoms with E-state index in [1.165, 1.54) is 0 Å². The van der Waals surface area contributed by atoms with Crippen LogP contribution >= 0.6 is 0 Å². The summed E-state index contributed by atoms with van der Waals surface area (Å²) in [6.45, 7) is 0.435. The van der Waals surface area contributed by atoms with E-state index in [1.807, 2.05) is 36.4 Å². The molecule has 2 aromatic rings. The summed E-state index contributed by atoms with van der Waals surface area (Å²) >= 11 is 0. The summed E-state index contributed by atoms with van der Waals surface area (Å²) in [6.07, 6.45) is 0. The van der Waals surface area contributed by atoms with Crippen molar-refractivity contribution in [3.63, 3.8) is 0 Å². The molecule has 0 radical (unpaired) electrons. The van der Waals surface area contributed by atoms with Gasteiger partial charge in [0.2, 0.25) is 0 Å². The molecule has 2 rings (SSSR count). The lowest BCUT2D eigenvalue weighted by Gasteiger charge is -2.11. The van der Waals surface area contributed by atoms with Gasteiger partial charge in [0.05, 0.1) is 19.9 Å². The molecule has 0 aliphatic heterocycles. The maximum Gasteiger partial charge on any atom is 0.319 e. The van der Waals surface area contributed by atoms with Gasteiger partial charge < -0.3 is 20.1 Å². The molecule has 0 fully saturated rings. The number of benzene rings is 2. The Balaban J connectivity index is 1.89. The van der Waals surface area contributed by atoms with Crippen molar-refractivity contribution < 1.29 is 14.3 Å². The molecular weight excluding hydrogens is 268 g/mol. The summed E-state index contributed by atoms with van der Waals surface area (Å²) in [5.41, 5.74) is 1.62. The highest BCUT2D eigenvalue weighted by Gasteiger charge is 2.06. The number of anilines is 1. The molecule has 5 heteroatoms. The molecule has 0 saturated carbocycles. The second-order valence-electron chi connectivity index (χ2n) is 4.36. The summed E-state index contributed by atoms with van der Waals surface area (Å²) in [7, 11) is 3.18. The maximum atomic E-state index is 11.9. The van der Waals surface area contributed by atoms with Gasteiger partial charge in [-0.3, -0.25) is 0 Å². The van der Waals surface area contributed by atoms with Crippen LogP contribution in [0.3, 0.4) is 0 Å². The predicted molar refractivity (Wildman–Crippen MR) is 81.8 cm³/mol. The second-order valence-corrected chi connectivity index (χ2v) is 4.36. The normalized spacial score (nSPS) is 9.81. The zero-order valence-electron chi connectivity index (χ0n) is 12.1. The van der Waals surface area contributed by atoms with Gasteiger partial charge in [0, 0.05) is 6.54 Å². The number of carbonyl (C=O) groups excluding carboxylic acids is 1.